The molecule has 0 saturated heterocycles. The summed E-state index contributed by atoms with van der Waals surface area (Å²) in [6, 6.07) is 10.6. The molecule has 1 unspecified atom stereocenters. The van der Waals surface area contributed by atoms with Crippen molar-refractivity contribution in [3.05, 3.63) is 75.7 Å². The Bertz CT molecular complexity index is 1060. The van der Waals surface area contributed by atoms with Gasteiger partial charge >= 0.3 is 5.97 Å². The molecule has 1 heterocycles. The fourth-order valence-corrected chi connectivity index (χ4v) is 3.38. The van der Waals surface area contributed by atoms with Crippen molar-refractivity contribution in [3.63, 3.8) is 0 Å². The number of aromatic nitrogens is 1. The van der Waals surface area contributed by atoms with Crippen molar-refractivity contribution in [3.8, 4) is 16.9 Å². The third-order valence-corrected chi connectivity index (χ3v) is 4.83. The van der Waals surface area contributed by atoms with Gasteiger partial charge in [0.05, 0.1) is 10.6 Å². The SMILES string of the molecule is CC(Oc1cc(-c2cccc(C(=O)O)c2)cnc1N)c1c(Cl)ccc(F)c1Cl. The van der Waals surface area contributed by atoms with E-state index in [0.29, 0.717) is 16.7 Å². The van der Waals surface area contributed by atoms with Gasteiger partial charge in [0.15, 0.2) is 11.6 Å². The lowest BCUT2D eigenvalue weighted by atomic mass is 10.0. The molecule has 28 heavy (non-hydrogen) atoms. The Morgan fingerprint density at radius 1 is 1.21 bits per heavy atom. The first kappa shape index (κ1) is 19.9. The number of anilines is 1. The predicted molar refractivity (Wildman–Crippen MR) is 107 cm³/mol. The Labute approximate surface area is 170 Å². The number of aromatic carboxylic acids is 1. The maximum atomic E-state index is 13.8. The summed E-state index contributed by atoms with van der Waals surface area (Å²) < 4.78 is 19.6. The van der Waals surface area contributed by atoms with E-state index in [9.17, 15) is 9.18 Å². The maximum Gasteiger partial charge on any atom is 0.335 e. The number of halogens is 3. The predicted octanol–water partition coefficient (Wildman–Crippen LogP) is 5.61. The van der Waals surface area contributed by atoms with Gasteiger partial charge in [-0.1, -0.05) is 35.3 Å². The quantitative estimate of drug-likeness (QED) is 0.523. The number of carboxylic acid groups (broad SMARTS) is 1. The first-order valence-electron chi connectivity index (χ1n) is 8.17. The van der Waals surface area contributed by atoms with Crippen LogP contribution in [0.3, 0.4) is 0 Å². The van der Waals surface area contributed by atoms with Gasteiger partial charge in [-0.25, -0.2) is 14.2 Å². The first-order chi connectivity index (χ1) is 13.3. The summed E-state index contributed by atoms with van der Waals surface area (Å²) in [6.45, 7) is 1.66. The molecule has 5 nitrogen and oxygen atoms in total. The van der Waals surface area contributed by atoms with Crippen LogP contribution >= 0.6 is 23.2 Å². The molecule has 144 valence electrons. The molecular weight excluding hydrogens is 406 g/mol. The molecule has 2 aromatic carbocycles. The number of ether oxygens (including phenoxy) is 1. The van der Waals surface area contributed by atoms with E-state index in [1.165, 1.54) is 30.5 Å². The van der Waals surface area contributed by atoms with Crippen molar-refractivity contribution in [2.75, 3.05) is 5.73 Å². The van der Waals surface area contributed by atoms with Crippen LogP contribution in [0.1, 0.15) is 28.9 Å². The summed E-state index contributed by atoms with van der Waals surface area (Å²) in [5, 5.41) is 9.29. The highest BCUT2D eigenvalue weighted by molar-refractivity contribution is 6.36. The van der Waals surface area contributed by atoms with Crippen molar-refractivity contribution >= 4 is 35.0 Å². The zero-order valence-corrected chi connectivity index (χ0v) is 16.1. The Hall–Kier alpha value is -2.83. The van der Waals surface area contributed by atoms with Crippen LogP contribution in [0, 0.1) is 5.82 Å². The average molecular weight is 421 g/mol. The molecule has 0 saturated carbocycles. The summed E-state index contributed by atoms with van der Waals surface area (Å²) in [6.07, 6.45) is 0.802. The van der Waals surface area contributed by atoms with Crippen LogP contribution in [0.4, 0.5) is 10.2 Å². The van der Waals surface area contributed by atoms with Gasteiger partial charge in [-0.15, -0.1) is 0 Å². The summed E-state index contributed by atoms with van der Waals surface area (Å²) in [4.78, 5) is 15.3. The lowest BCUT2D eigenvalue weighted by molar-refractivity contribution is 0.0697. The van der Waals surface area contributed by atoms with Crippen molar-refractivity contribution in [1.29, 1.82) is 0 Å². The largest absolute Gasteiger partial charge is 0.482 e. The number of benzene rings is 2. The monoisotopic (exact) mass is 420 g/mol. The highest BCUT2D eigenvalue weighted by atomic mass is 35.5. The van der Waals surface area contributed by atoms with Crippen molar-refractivity contribution in [1.82, 2.24) is 4.98 Å². The van der Waals surface area contributed by atoms with Crippen LogP contribution in [-0.4, -0.2) is 16.1 Å². The zero-order valence-electron chi connectivity index (χ0n) is 14.6. The Morgan fingerprint density at radius 2 is 1.96 bits per heavy atom. The Balaban J connectivity index is 1.96. The Morgan fingerprint density at radius 3 is 2.68 bits per heavy atom. The lowest BCUT2D eigenvalue weighted by Crippen LogP contribution is -2.08. The highest BCUT2D eigenvalue weighted by Crippen LogP contribution is 2.37. The molecule has 3 aromatic rings. The van der Waals surface area contributed by atoms with Gasteiger partial charge in [0.1, 0.15) is 11.9 Å². The van der Waals surface area contributed by atoms with Crippen LogP contribution in [0.25, 0.3) is 11.1 Å². The molecule has 0 spiro atoms. The van der Waals surface area contributed by atoms with Gasteiger partial charge < -0.3 is 15.6 Å². The number of hydrogen-bond donors (Lipinski definition) is 2. The molecule has 0 fully saturated rings. The number of carbonyl (C=O) groups is 1. The third-order valence-electron chi connectivity index (χ3n) is 4.11. The van der Waals surface area contributed by atoms with Gasteiger partial charge in [-0.05, 0) is 42.8 Å². The van der Waals surface area contributed by atoms with E-state index < -0.39 is 17.9 Å². The third kappa shape index (κ3) is 4.03. The van der Waals surface area contributed by atoms with Crippen molar-refractivity contribution in [2.45, 2.75) is 13.0 Å². The van der Waals surface area contributed by atoms with Crippen LogP contribution < -0.4 is 10.5 Å². The number of carboxylic acids is 1. The lowest BCUT2D eigenvalue weighted by Gasteiger charge is -2.19. The van der Waals surface area contributed by atoms with Crippen LogP contribution in [0.2, 0.25) is 10.0 Å². The standard InChI is InChI=1S/C20H15Cl2FN2O3/c1-10(17-14(21)5-6-15(23)18(17)22)28-16-8-13(9-25-19(16)24)11-3-2-4-12(7-11)20(26)27/h2-10H,1H3,(H2,24,25)(H,26,27). The molecule has 3 rings (SSSR count). The number of hydrogen-bond acceptors (Lipinski definition) is 4. The molecule has 8 heteroatoms. The van der Waals surface area contributed by atoms with E-state index in [4.69, 9.17) is 38.8 Å². The number of nitrogens with two attached hydrogens (primary N) is 1. The molecule has 1 atom stereocenters. The minimum Gasteiger partial charge on any atom is -0.482 e. The van der Waals surface area contributed by atoms with E-state index in [2.05, 4.69) is 4.98 Å². The molecule has 0 aliphatic rings. The second kappa shape index (κ2) is 8.04. The smallest absolute Gasteiger partial charge is 0.335 e. The molecule has 1 aromatic heterocycles. The topological polar surface area (TPSA) is 85.4 Å². The van der Waals surface area contributed by atoms with E-state index in [0.717, 1.165) is 0 Å². The molecule has 0 bridgehead atoms. The van der Waals surface area contributed by atoms with Crippen LogP contribution in [0.5, 0.6) is 5.75 Å². The van der Waals surface area contributed by atoms with Gasteiger partial charge in [-0.3, -0.25) is 0 Å². The molecule has 3 N–H and O–H groups in total. The van der Waals surface area contributed by atoms with Gasteiger partial charge in [-0.2, -0.15) is 0 Å². The van der Waals surface area contributed by atoms with E-state index in [-0.39, 0.29) is 27.2 Å². The first-order valence-corrected chi connectivity index (χ1v) is 8.93. The number of rotatable bonds is 5. The summed E-state index contributed by atoms with van der Waals surface area (Å²) >= 11 is 12.2. The molecular formula is C20H15Cl2FN2O3. The maximum absolute atomic E-state index is 13.8. The van der Waals surface area contributed by atoms with E-state index in [1.54, 1.807) is 25.1 Å². The number of nitrogen functional groups attached to an aromatic ring is 1. The summed E-state index contributed by atoms with van der Waals surface area (Å²) in [5.74, 6) is -1.29. The fourth-order valence-electron chi connectivity index (χ4n) is 2.70. The highest BCUT2D eigenvalue weighted by Gasteiger charge is 2.20. The molecule has 0 amide bonds. The molecule has 0 aliphatic heterocycles. The second-order valence-corrected chi connectivity index (χ2v) is 6.80. The average Bonchev–Trinajstić information content (AvgIpc) is 2.67. The molecule has 0 radical (unpaired) electrons. The van der Waals surface area contributed by atoms with Crippen LogP contribution in [0.15, 0.2) is 48.7 Å². The van der Waals surface area contributed by atoms with Gasteiger partial charge in [0.25, 0.3) is 0 Å². The van der Waals surface area contributed by atoms with Crippen molar-refractivity contribution < 1.29 is 19.0 Å². The number of nitrogens with zero attached hydrogens (tertiary/aromatic N) is 1. The summed E-state index contributed by atoms with van der Waals surface area (Å²) in [5.41, 5.74) is 7.58. The van der Waals surface area contributed by atoms with E-state index >= 15 is 0 Å². The van der Waals surface area contributed by atoms with Gasteiger partial charge in [0, 0.05) is 22.3 Å². The number of pyridine rings is 1. The zero-order chi connectivity index (χ0) is 20.4. The minimum absolute atomic E-state index is 0.119. The van der Waals surface area contributed by atoms with Gasteiger partial charge in [0.2, 0.25) is 0 Å². The van der Waals surface area contributed by atoms with Crippen LogP contribution in [-0.2, 0) is 0 Å². The second-order valence-electron chi connectivity index (χ2n) is 6.01. The Kier molecular flexibility index (Phi) is 5.72. The summed E-state index contributed by atoms with van der Waals surface area (Å²) in [7, 11) is 0. The fraction of sp³-hybridized carbons (Fsp3) is 0.100. The minimum atomic E-state index is -1.04. The van der Waals surface area contributed by atoms with Crippen molar-refractivity contribution in [2.24, 2.45) is 0 Å². The normalized spacial score (nSPS) is 11.9. The van der Waals surface area contributed by atoms with E-state index in [1.807, 2.05) is 0 Å². The molecule has 0 aliphatic carbocycles.